The van der Waals surface area contributed by atoms with Crippen LogP contribution in [0.2, 0.25) is 0 Å². The van der Waals surface area contributed by atoms with Crippen LogP contribution in [0, 0.1) is 13.8 Å². The Morgan fingerprint density at radius 3 is 1.80 bits per heavy atom. The summed E-state index contributed by atoms with van der Waals surface area (Å²) in [5.74, 6) is -4.54. The van der Waals surface area contributed by atoms with Crippen molar-refractivity contribution < 1.29 is 38.2 Å². The maximum absolute atomic E-state index is 13.0. The van der Waals surface area contributed by atoms with Gasteiger partial charge in [0.2, 0.25) is 0 Å². The summed E-state index contributed by atoms with van der Waals surface area (Å²) in [7, 11) is 0. The Kier molecular flexibility index (Phi) is 8.57. The molecule has 0 bridgehead atoms. The van der Waals surface area contributed by atoms with E-state index in [-0.39, 0.29) is 16.7 Å². The van der Waals surface area contributed by atoms with Gasteiger partial charge in [-0.1, -0.05) is 36.4 Å². The standard InChI is InChI=1S/C30H27N3O8/c1-17-8-4-6-10-23(17)31-25(34)15-40-29(38)19(3)33-27(36)21-13-12-20(14-22(21)28(33)37)30(39)41-16-26(35)32-24-11-7-5-9-18(24)2/h4-14,19H,15-16H2,1-3H3,(H,31,34)(H,32,35)/t19-/m0/s1. The summed E-state index contributed by atoms with van der Waals surface area (Å²) in [5, 5.41) is 5.26. The second-order valence-electron chi connectivity index (χ2n) is 9.33. The van der Waals surface area contributed by atoms with Crippen molar-refractivity contribution in [3.05, 3.63) is 94.5 Å². The maximum Gasteiger partial charge on any atom is 0.338 e. The minimum absolute atomic E-state index is 0.0132. The molecule has 1 atom stereocenters. The lowest BCUT2D eigenvalue weighted by molar-refractivity contribution is -0.150. The number of hydrogen-bond donors (Lipinski definition) is 2. The van der Waals surface area contributed by atoms with Crippen molar-refractivity contribution in [1.82, 2.24) is 4.90 Å². The van der Waals surface area contributed by atoms with Gasteiger partial charge >= 0.3 is 11.9 Å². The molecule has 0 spiro atoms. The first-order chi connectivity index (χ1) is 19.6. The summed E-state index contributed by atoms with van der Waals surface area (Å²) >= 11 is 0. The molecule has 0 saturated heterocycles. The minimum atomic E-state index is -1.34. The molecular formula is C30H27N3O8. The van der Waals surface area contributed by atoms with E-state index < -0.39 is 54.8 Å². The molecule has 4 rings (SSSR count). The number of para-hydroxylation sites is 2. The van der Waals surface area contributed by atoms with Crippen LogP contribution in [-0.4, -0.2) is 59.7 Å². The van der Waals surface area contributed by atoms with Crippen molar-refractivity contribution in [1.29, 1.82) is 0 Å². The quantitative estimate of drug-likeness (QED) is 0.301. The fraction of sp³-hybridized carbons (Fsp3) is 0.200. The molecule has 4 amide bonds. The Morgan fingerprint density at radius 1 is 0.732 bits per heavy atom. The molecule has 210 valence electrons. The molecule has 1 aliphatic heterocycles. The van der Waals surface area contributed by atoms with Crippen LogP contribution in [-0.2, 0) is 23.9 Å². The largest absolute Gasteiger partial charge is 0.454 e. The van der Waals surface area contributed by atoms with Crippen LogP contribution in [0.1, 0.15) is 49.1 Å². The molecule has 0 aliphatic carbocycles. The highest BCUT2D eigenvalue weighted by Gasteiger charge is 2.42. The Hall–Kier alpha value is -5.32. The van der Waals surface area contributed by atoms with E-state index in [2.05, 4.69) is 10.6 Å². The molecule has 11 nitrogen and oxygen atoms in total. The lowest BCUT2D eigenvalue weighted by Gasteiger charge is -2.20. The van der Waals surface area contributed by atoms with E-state index >= 15 is 0 Å². The number of anilines is 2. The van der Waals surface area contributed by atoms with Crippen LogP contribution in [0.15, 0.2) is 66.7 Å². The van der Waals surface area contributed by atoms with Gasteiger partial charge in [0, 0.05) is 11.4 Å². The molecule has 1 heterocycles. The normalized spacial score (nSPS) is 12.8. The average molecular weight is 558 g/mol. The first-order valence-corrected chi connectivity index (χ1v) is 12.6. The third-order valence-corrected chi connectivity index (χ3v) is 6.40. The smallest absolute Gasteiger partial charge is 0.338 e. The van der Waals surface area contributed by atoms with E-state index in [0.29, 0.717) is 16.3 Å². The van der Waals surface area contributed by atoms with Crippen molar-refractivity contribution in [2.24, 2.45) is 0 Å². The van der Waals surface area contributed by atoms with Crippen molar-refractivity contribution in [2.75, 3.05) is 23.8 Å². The van der Waals surface area contributed by atoms with Gasteiger partial charge in [-0.05, 0) is 62.2 Å². The first-order valence-electron chi connectivity index (χ1n) is 12.6. The molecule has 3 aromatic rings. The summed E-state index contributed by atoms with van der Waals surface area (Å²) in [4.78, 5) is 76.3. The van der Waals surface area contributed by atoms with Gasteiger partial charge in [0.25, 0.3) is 23.6 Å². The second kappa shape index (κ2) is 12.2. The zero-order chi connectivity index (χ0) is 29.7. The number of benzene rings is 3. The van der Waals surface area contributed by atoms with E-state index in [1.807, 2.05) is 25.1 Å². The van der Waals surface area contributed by atoms with Crippen LogP contribution < -0.4 is 10.6 Å². The van der Waals surface area contributed by atoms with Crippen LogP contribution in [0.3, 0.4) is 0 Å². The Labute approximate surface area is 235 Å². The van der Waals surface area contributed by atoms with Gasteiger partial charge in [-0.2, -0.15) is 0 Å². The molecule has 11 heteroatoms. The summed E-state index contributed by atoms with van der Waals surface area (Å²) in [6, 6.07) is 16.6. The molecule has 0 radical (unpaired) electrons. The Balaban J connectivity index is 1.34. The van der Waals surface area contributed by atoms with E-state index in [9.17, 15) is 28.8 Å². The number of nitrogens with one attached hydrogen (secondary N) is 2. The molecule has 0 unspecified atom stereocenters. The number of amides is 4. The monoisotopic (exact) mass is 557 g/mol. The van der Waals surface area contributed by atoms with Gasteiger partial charge in [0.05, 0.1) is 16.7 Å². The number of hydrogen-bond acceptors (Lipinski definition) is 8. The summed E-state index contributed by atoms with van der Waals surface area (Å²) in [5.41, 5.74) is 2.62. The van der Waals surface area contributed by atoms with E-state index in [0.717, 1.165) is 11.1 Å². The highest BCUT2D eigenvalue weighted by Crippen LogP contribution is 2.26. The van der Waals surface area contributed by atoms with Crippen LogP contribution in [0.5, 0.6) is 0 Å². The molecule has 2 N–H and O–H groups in total. The number of imide groups is 1. The van der Waals surface area contributed by atoms with E-state index in [1.165, 1.54) is 25.1 Å². The van der Waals surface area contributed by atoms with Gasteiger partial charge in [-0.25, -0.2) is 9.59 Å². The van der Waals surface area contributed by atoms with E-state index in [1.54, 1.807) is 37.3 Å². The van der Waals surface area contributed by atoms with Crippen LogP contribution >= 0.6 is 0 Å². The predicted octanol–water partition coefficient (Wildman–Crippen LogP) is 3.27. The zero-order valence-electron chi connectivity index (χ0n) is 22.6. The lowest BCUT2D eigenvalue weighted by Crippen LogP contribution is -2.44. The number of esters is 2. The van der Waals surface area contributed by atoms with Crippen molar-refractivity contribution in [2.45, 2.75) is 26.8 Å². The van der Waals surface area contributed by atoms with E-state index in [4.69, 9.17) is 9.47 Å². The number of ether oxygens (including phenoxy) is 2. The minimum Gasteiger partial charge on any atom is -0.454 e. The highest BCUT2D eigenvalue weighted by molar-refractivity contribution is 6.23. The fourth-order valence-corrected chi connectivity index (χ4v) is 4.11. The third-order valence-electron chi connectivity index (χ3n) is 6.40. The molecule has 41 heavy (non-hydrogen) atoms. The molecule has 3 aromatic carbocycles. The zero-order valence-corrected chi connectivity index (χ0v) is 22.6. The Morgan fingerprint density at radius 2 is 1.24 bits per heavy atom. The molecule has 0 fully saturated rings. The number of nitrogens with zero attached hydrogens (tertiary/aromatic N) is 1. The number of aryl methyl sites for hydroxylation is 2. The number of carbonyl (C=O) groups is 6. The van der Waals surface area contributed by atoms with Crippen molar-refractivity contribution >= 4 is 46.9 Å². The SMILES string of the molecule is Cc1ccccc1NC(=O)COC(=O)c1ccc2c(c1)C(=O)N([C@@H](C)C(=O)OCC(=O)Nc1ccccc1C)C2=O. The third kappa shape index (κ3) is 6.47. The summed E-state index contributed by atoms with van der Waals surface area (Å²) < 4.78 is 10.1. The van der Waals surface area contributed by atoms with Gasteiger partial charge in [0.15, 0.2) is 13.2 Å². The van der Waals surface area contributed by atoms with Crippen molar-refractivity contribution in [3.8, 4) is 0 Å². The molecule has 0 aromatic heterocycles. The molecule has 0 saturated carbocycles. The fourth-order valence-electron chi connectivity index (χ4n) is 4.11. The summed E-state index contributed by atoms with van der Waals surface area (Å²) in [6.45, 7) is 3.74. The van der Waals surface area contributed by atoms with Gasteiger partial charge in [-0.15, -0.1) is 0 Å². The highest BCUT2D eigenvalue weighted by atomic mass is 16.5. The van der Waals surface area contributed by atoms with Gasteiger partial charge in [0.1, 0.15) is 6.04 Å². The number of rotatable bonds is 9. The number of carbonyl (C=O) groups excluding carboxylic acids is 6. The topological polar surface area (TPSA) is 148 Å². The first kappa shape index (κ1) is 28.7. The van der Waals surface area contributed by atoms with Gasteiger partial charge in [-0.3, -0.25) is 24.1 Å². The maximum atomic E-state index is 13.0. The average Bonchev–Trinajstić information content (AvgIpc) is 3.21. The Bertz CT molecular complexity index is 1560. The lowest BCUT2D eigenvalue weighted by atomic mass is 10.1. The summed E-state index contributed by atoms with van der Waals surface area (Å²) in [6.07, 6.45) is 0. The second-order valence-corrected chi connectivity index (χ2v) is 9.33. The van der Waals surface area contributed by atoms with Crippen LogP contribution in [0.4, 0.5) is 11.4 Å². The predicted molar refractivity (Wildman–Crippen MR) is 147 cm³/mol. The molecular weight excluding hydrogens is 530 g/mol. The molecule has 1 aliphatic rings. The van der Waals surface area contributed by atoms with Crippen molar-refractivity contribution in [3.63, 3.8) is 0 Å². The van der Waals surface area contributed by atoms with Gasteiger partial charge < -0.3 is 20.1 Å². The number of fused-ring (bicyclic) bond motifs is 1. The van der Waals surface area contributed by atoms with Crippen LogP contribution in [0.25, 0.3) is 0 Å².